The number of carbonyl (C=O) groups is 1. The lowest BCUT2D eigenvalue weighted by Gasteiger charge is -2.16. The highest BCUT2D eigenvalue weighted by atomic mass is 16.7. The minimum atomic E-state index is -1.11. The second-order valence-electron chi connectivity index (χ2n) is 4.77. The van der Waals surface area contributed by atoms with Crippen molar-refractivity contribution in [1.29, 1.82) is 0 Å². The van der Waals surface area contributed by atoms with E-state index in [0.29, 0.717) is 0 Å². The summed E-state index contributed by atoms with van der Waals surface area (Å²) in [5, 5.41) is 8.63. The standard InChI is InChI=1S/C13H24O3/c14-13(15)16-12-10-8-6-4-2-1-3-5-7-9-11-12/h12H,1-11H2,(H,14,15). The van der Waals surface area contributed by atoms with Gasteiger partial charge in [0.25, 0.3) is 0 Å². The highest BCUT2D eigenvalue weighted by molar-refractivity contribution is 5.57. The molecule has 0 saturated heterocycles. The van der Waals surface area contributed by atoms with Crippen LogP contribution in [0.25, 0.3) is 0 Å². The highest BCUT2D eigenvalue weighted by Gasteiger charge is 2.13. The topological polar surface area (TPSA) is 46.5 Å². The molecule has 3 heteroatoms. The predicted molar refractivity (Wildman–Crippen MR) is 63.7 cm³/mol. The fourth-order valence-electron chi connectivity index (χ4n) is 2.39. The van der Waals surface area contributed by atoms with Crippen molar-refractivity contribution in [3.63, 3.8) is 0 Å². The molecule has 1 N–H and O–H groups in total. The monoisotopic (exact) mass is 228 g/mol. The summed E-state index contributed by atoms with van der Waals surface area (Å²) in [6.45, 7) is 0. The summed E-state index contributed by atoms with van der Waals surface area (Å²) in [5.41, 5.74) is 0. The summed E-state index contributed by atoms with van der Waals surface area (Å²) in [6.07, 6.45) is 11.9. The van der Waals surface area contributed by atoms with Gasteiger partial charge in [0.15, 0.2) is 0 Å². The third-order valence-corrected chi connectivity index (χ3v) is 3.32. The Bertz CT molecular complexity index is 180. The van der Waals surface area contributed by atoms with Gasteiger partial charge in [0.1, 0.15) is 6.10 Å². The van der Waals surface area contributed by atoms with E-state index < -0.39 is 6.16 Å². The Balaban J connectivity index is 2.27. The number of carboxylic acid groups (broad SMARTS) is 1. The first-order chi connectivity index (χ1) is 7.79. The lowest BCUT2D eigenvalue weighted by Crippen LogP contribution is -2.17. The molecule has 1 aliphatic rings. The molecular formula is C13H24O3. The average Bonchev–Trinajstić information content (AvgIpc) is 2.21. The van der Waals surface area contributed by atoms with E-state index in [2.05, 4.69) is 0 Å². The van der Waals surface area contributed by atoms with Crippen molar-refractivity contribution < 1.29 is 14.6 Å². The summed E-state index contributed by atoms with van der Waals surface area (Å²) in [6, 6.07) is 0. The molecule has 0 aliphatic heterocycles. The summed E-state index contributed by atoms with van der Waals surface area (Å²) >= 11 is 0. The molecule has 0 radical (unpaired) electrons. The van der Waals surface area contributed by atoms with Gasteiger partial charge in [-0.2, -0.15) is 0 Å². The summed E-state index contributed by atoms with van der Waals surface area (Å²) in [7, 11) is 0. The third-order valence-electron chi connectivity index (χ3n) is 3.32. The summed E-state index contributed by atoms with van der Waals surface area (Å²) < 4.78 is 4.91. The van der Waals surface area contributed by atoms with E-state index in [9.17, 15) is 4.79 Å². The zero-order chi connectivity index (χ0) is 11.6. The largest absolute Gasteiger partial charge is 0.506 e. The maximum atomic E-state index is 10.5. The van der Waals surface area contributed by atoms with Crippen molar-refractivity contribution in [3.05, 3.63) is 0 Å². The zero-order valence-corrected chi connectivity index (χ0v) is 10.1. The molecule has 1 fully saturated rings. The van der Waals surface area contributed by atoms with Gasteiger partial charge in [-0.1, -0.05) is 44.9 Å². The second-order valence-corrected chi connectivity index (χ2v) is 4.77. The van der Waals surface area contributed by atoms with Crippen LogP contribution in [0.1, 0.15) is 70.6 Å². The molecule has 1 saturated carbocycles. The van der Waals surface area contributed by atoms with Crippen LogP contribution in [0.3, 0.4) is 0 Å². The first-order valence-corrected chi connectivity index (χ1v) is 6.68. The van der Waals surface area contributed by atoms with Gasteiger partial charge in [0.2, 0.25) is 0 Å². The fraction of sp³-hybridized carbons (Fsp3) is 0.923. The van der Waals surface area contributed by atoms with E-state index in [1.54, 1.807) is 0 Å². The van der Waals surface area contributed by atoms with Crippen molar-refractivity contribution >= 4 is 6.16 Å². The summed E-state index contributed by atoms with van der Waals surface area (Å²) in [4.78, 5) is 10.5. The van der Waals surface area contributed by atoms with Gasteiger partial charge in [-0.15, -0.1) is 0 Å². The second kappa shape index (κ2) is 8.43. The van der Waals surface area contributed by atoms with E-state index in [0.717, 1.165) is 25.7 Å². The Morgan fingerprint density at radius 3 is 1.56 bits per heavy atom. The first-order valence-electron chi connectivity index (χ1n) is 6.68. The Kier molecular flexibility index (Phi) is 7.02. The van der Waals surface area contributed by atoms with Gasteiger partial charge >= 0.3 is 6.16 Å². The smallest absolute Gasteiger partial charge is 0.450 e. The average molecular weight is 228 g/mol. The van der Waals surface area contributed by atoms with Gasteiger partial charge in [-0.3, -0.25) is 0 Å². The fourth-order valence-corrected chi connectivity index (χ4v) is 2.39. The molecule has 0 bridgehead atoms. The van der Waals surface area contributed by atoms with Crippen LogP contribution < -0.4 is 0 Å². The van der Waals surface area contributed by atoms with Gasteiger partial charge in [0.05, 0.1) is 0 Å². The van der Waals surface area contributed by atoms with E-state index in [1.165, 1.54) is 44.9 Å². The zero-order valence-electron chi connectivity index (χ0n) is 10.1. The van der Waals surface area contributed by atoms with Crippen LogP contribution in [-0.4, -0.2) is 17.4 Å². The van der Waals surface area contributed by atoms with Crippen LogP contribution >= 0.6 is 0 Å². The molecule has 0 atom stereocenters. The maximum absolute atomic E-state index is 10.5. The van der Waals surface area contributed by atoms with Gasteiger partial charge in [-0.25, -0.2) is 4.79 Å². The van der Waals surface area contributed by atoms with Crippen molar-refractivity contribution in [3.8, 4) is 0 Å². The van der Waals surface area contributed by atoms with Crippen LogP contribution in [-0.2, 0) is 4.74 Å². The number of hydrogen-bond acceptors (Lipinski definition) is 2. The molecule has 3 nitrogen and oxygen atoms in total. The Hall–Kier alpha value is -0.730. The minimum absolute atomic E-state index is 0.0584. The quantitative estimate of drug-likeness (QED) is 0.678. The molecule has 0 aromatic heterocycles. The van der Waals surface area contributed by atoms with Gasteiger partial charge in [0, 0.05) is 0 Å². The molecule has 0 unspecified atom stereocenters. The van der Waals surface area contributed by atoms with Crippen molar-refractivity contribution in [2.45, 2.75) is 76.7 Å². The molecule has 1 rings (SSSR count). The van der Waals surface area contributed by atoms with E-state index in [1.807, 2.05) is 0 Å². The van der Waals surface area contributed by atoms with Gasteiger partial charge < -0.3 is 9.84 Å². The van der Waals surface area contributed by atoms with Crippen LogP contribution in [0.15, 0.2) is 0 Å². The SMILES string of the molecule is O=C(O)OC1CCCCCCCCCCC1. The Labute approximate surface area is 98.2 Å². The lowest BCUT2D eigenvalue weighted by atomic mass is 9.99. The van der Waals surface area contributed by atoms with E-state index in [4.69, 9.17) is 9.84 Å². The molecular weight excluding hydrogens is 204 g/mol. The maximum Gasteiger partial charge on any atom is 0.506 e. The van der Waals surface area contributed by atoms with Crippen LogP contribution in [0.2, 0.25) is 0 Å². The molecule has 0 amide bonds. The first kappa shape index (κ1) is 13.3. The highest BCUT2D eigenvalue weighted by Crippen LogP contribution is 2.18. The molecule has 0 heterocycles. The van der Waals surface area contributed by atoms with Crippen LogP contribution in [0.4, 0.5) is 4.79 Å². The van der Waals surface area contributed by atoms with Crippen LogP contribution in [0.5, 0.6) is 0 Å². The van der Waals surface area contributed by atoms with E-state index >= 15 is 0 Å². The minimum Gasteiger partial charge on any atom is -0.450 e. The predicted octanol–water partition coefficient (Wildman–Crippen LogP) is 4.35. The number of rotatable bonds is 1. The normalized spacial score (nSPS) is 21.8. The number of ether oxygens (including phenoxy) is 1. The van der Waals surface area contributed by atoms with Crippen molar-refractivity contribution in [2.75, 3.05) is 0 Å². The lowest BCUT2D eigenvalue weighted by molar-refractivity contribution is 0.0421. The molecule has 16 heavy (non-hydrogen) atoms. The molecule has 0 aromatic carbocycles. The molecule has 94 valence electrons. The van der Waals surface area contributed by atoms with Crippen molar-refractivity contribution in [2.24, 2.45) is 0 Å². The van der Waals surface area contributed by atoms with Crippen LogP contribution in [0, 0.1) is 0 Å². The van der Waals surface area contributed by atoms with Crippen molar-refractivity contribution in [1.82, 2.24) is 0 Å². The molecule has 1 aliphatic carbocycles. The van der Waals surface area contributed by atoms with E-state index in [-0.39, 0.29) is 6.10 Å². The Morgan fingerprint density at radius 1 is 0.812 bits per heavy atom. The molecule has 0 aromatic rings. The summed E-state index contributed by atoms with van der Waals surface area (Å²) in [5.74, 6) is 0. The third kappa shape index (κ3) is 6.70. The number of hydrogen-bond donors (Lipinski definition) is 1. The Morgan fingerprint density at radius 2 is 1.19 bits per heavy atom. The van der Waals surface area contributed by atoms with Gasteiger partial charge in [-0.05, 0) is 25.7 Å². The molecule has 0 spiro atoms.